The Labute approximate surface area is 305 Å². The zero-order valence-electron chi connectivity index (χ0n) is 28.3. The lowest BCUT2D eigenvalue weighted by atomic mass is 9.97. The van der Waals surface area contributed by atoms with Crippen LogP contribution in [0.4, 0.5) is 5.69 Å². The maximum Gasteiger partial charge on any atom is 0.276 e. The Bertz CT molecular complexity index is 2000. The average Bonchev–Trinajstić information content (AvgIpc) is 3.59. The van der Waals surface area contributed by atoms with Crippen molar-refractivity contribution in [2.75, 3.05) is 6.61 Å². The number of thiazole rings is 1. The van der Waals surface area contributed by atoms with Gasteiger partial charge in [0.2, 0.25) is 6.29 Å². The Morgan fingerprint density at radius 3 is 1.67 bits per heavy atom. The van der Waals surface area contributed by atoms with Crippen molar-refractivity contribution in [1.82, 2.24) is 4.98 Å². The molecule has 0 spiro atoms. The topological polar surface area (TPSA) is 111 Å². The van der Waals surface area contributed by atoms with Gasteiger partial charge in [-0.2, -0.15) is 0 Å². The third kappa shape index (κ3) is 9.25. The molecule has 52 heavy (non-hydrogen) atoms. The number of hydrogen-bond donors (Lipinski definition) is 0. The molecule has 7 rings (SSSR count). The second-order valence-electron chi connectivity index (χ2n) is 12.3. The van der Waals surface area contributed by atoms with Gasteiger partial charge in [-0.1, -0.05) is 133 Å². The van der Waals surface area contributed by atoms with Crippen LogP contribution in [0.1, 0.15) is 22.3 Å². The highest BCUT2D eigenvalue weighted by molar-refractivity contribution is 7.20. The summed E-state index contributed by atoms with van der Waals surface area (Å²) in [5.41, 5.74) is 4.52. The van der Waals surface area contributed by atoms with Crippen molar-refractivity contribution in [1.29, 1.82) is 0 Å². The predicted molar refractivity (Wildman–Crippen MR) is 197 cm³/mol. The molecule has 1 saturated heterocycles. The molecular weight excluding hydrogens is 681 g/mol. The Morgan fingerprint density at radius 2 is 1.13 bits per heavy atom. The fourth-order valence-electron chi connectivity index (χ4n) is 6.00. The van der Waals surface area contributed by atoms with Crippen LogP contribution in [-0.4, -0.2) is 47.2 Å². The molecule has 5 atom stereocenters. The summed E-state index contributed by atoms with van der Waals surface area (Å²) < 4.78 is 40.3. The zero-order chi connectivity index (χ0) is 35.5. The molecule has 2 heterocycles. The van der Waals surface area contributed by atoms with Crippen molar-refractivity contribution in [3.05, 3.63) is 172 Å². The van der Waals surface area contributed by atoms with Crippen molar-refractivity contribution in [3.8, 4) is 5.19 Å². The van der Waals surface area contributed by atoms with E-state index in [4.69, 9.17) is 28.4 Å². The van der Waals surface area contributed by atoms with Crippen LogP contribution in [0, 0.1) is 10.1 Å². The van der Waals surface area contributed by atoms with Crippen LogP contribution in [-0.2, 0) is 50.1 Å². The molecule has 10 nitrogen and oxygen atoms in total. The summed E-state index contributed by atoms with van der Waals surface area (Å²) in [6.45, 7) is 1.40. The maximum absolute atomic E-state index is 11.5. The molecule has 1 aromatic heterocycles. The number of benzene rings is 5. The predicted octanol–water partition coefficient (Wildman–Crippen LogP) is 8.28. The van der Waals surface area contributed by atoms with Crippen molar-refractivity contribution < 1.29 is 33.3 Å². The second-order valence-corrected chi connectivity index (χ2v) is 13.3. The first kappa shape index (κ1) is 35.4. The van der Waals surface area contributed by atoms with Crippen LogP contribution >= 0.6 is 11.3 Å². The largest absolute Gasteiger partial charge is 0.437 e. The number of rotatable bonds is 16. The first-order valence-corrected chi connectivity index (χ1v) is 17.9. The van der Waals surface area contributed by atoms with E-state index in [1.165, 1.54) is 23.5 Å². The van der Waals surface area contributed by atoms with Gasteiger partial charge in [-0.05, 0) is 28.3 Å². The van der Waals surface area contributed by atoms with E-state index in [1.807, 2.05) is 121 Å². The van der Waals surface area contributed by atoms with Gasteiger partial charge in [-0.25, -0.2) is 4.98 Å². The minimum atomic E-state index is -0.998. The van der Waals surface area contributed by atoms with E-state index in [1.54, 1.807) is 6.07 Å². The van der Waals surface area contributed by atoms with Crippen LogP contribution in [0.3, 0.4) is 0 Å². The van der Waals surface area contributed by atoms with Gasteiger partial charge in [0.25, 0.3) is 10.9 Å². The van der Waals surface area contributed by atoms with Crippen molar-refractivity contribution in [3.63, 3.8) is 0 Å². The lowest BCUT2D eigenvalue weighted by Gasteiger charge is -2.45. The molecule has 266 valence electrons. The normalized spacial score (nSPS) is 20.1. The SMILES string of the molecule is O=[N+]([O-])c1ccc2nc(O[C@H]3O[C@H](COCc4ccccc4)[C@@H](OCc4ccccc4)[C@H](OCc4ccccc4)[C@H]3OCc3ccccc3)sc2c1. The van der Waals surface area contributed by atoms with Gasteiger partial charge in [0.15, 0.2) is 0 Å². The summed E-state index contributed by atoms with van der Waals surface area (Å²) >= 11 is 1.20. The lowest BCUT2D eigenvalue weighted by molar-refractivity contribution is -0.384. The van der Waals surface area contributed by atoms with Crippen molar-refractivity contribution in [2.24, 2.45) is 0 Å². The van der Waals surface area contributed by atoms with E-state index in [2.05, 4.69) is 4.98 Å². The number of nitro benzene ring substituents is 1. The first-order chi connectivity index (χ1) is 25.6. The molecule has 0 unspecified atom stereocenters. The summed E-state index contributed by atoms with van der Waals surface area (Å²) in [5, 5.41) is 11.8. The van der Waals surface area contributed by atoms with E-state index in [-0.39, 0.29) is 30.7 Å². The van der Waals surface area contributed by atoms with Crippen molar-refractivity contribution >= 4 is 27.2 Å². The van der Waals surface area contributed by atoms with Gasteiger partial charge < -0.3 is 28.4 Å². The number of hydrogen-bond acceptors (Lipinski definition) is 10. The molecule has 0 saturated carbocycles. The third-order valence-corrected chi connectivity index (χ3v) is 9.53. The fourth-order valence-corrected chi connectivity index (χ4v) is 6.87. The number of non-ortho nitro benzene ring substituents is 1. The summed E-state index contributed by atoms with van der Waals surface area (Å²) in [6, 6.07) is 44.2. The molecule has 1 aliphatic rings. The molecule has 5 aromatic carbocycles. The minimum Gasteiger partial charge on any atom is -0.437 e. The third-order valence-electron chi connectivity index (χ3n) is 8.62. The molecule has 0 aliphatic carbocycles. The van der Waals surface area contributed by atoms with Crippen LogP contribution in [0.2, 0.25) is 0 Å². The number of nitro groups is 1. The fraction of sp³-hybridized carbons (Fsp3) is 0.244. The quantitative estimate of drug-likeness (QED) is 0.0721. The van der Waals surface area contributed by atoms with Gasteiger partial charge >= 0.3 is 0 Å². The van der Waals surface area contributed by atoms with Crippen molar-refractivity contribution in [2.45, 2.75) is 57.1 Å². The maximum atomic E-state index is 11.5. The summed E-state index contributed by atoms with van der Waals surface area (Å²) in [5.74, 6) is 0. The Balaban J connectivity index is 1.23. The van der Waals surface area contributed by atoms with Gasteiger partial charge in [0.1, 0.15) is 24.4 Å². The molecular formula is C41H38N2O8S. The average molecular weight is 719 g/mol. The minimum absolute atomic E-state index is 0.0240. The Hall–Kier alpha value is -5.01. The van der Waals surface area contributed by atoms with E-state index >= 15 is 0 Å². The van der Waals surface area contributed by atoms with Crippen LogP contribution in [0.25, 0.3) is 10.2 Å². The number of fused-ring (bicyclic) bond motifs is 1. The number of ether oxygens (including phenoxy) is 6. The van der Waals surface area contributed by atoms with Gasteiger partial charge in [-0.15, -0.1) is 0 Å². The monoisotopic (exact) mass is 718 g/mol. The number of nitrogens with zero attached hydrogens (tertiary/aromatic N) is 2. The standard InChI is InChI=1S/C41H38N2O8S/c44-43(45)33-21-22-34-36(23-33)52-41(42-34)51-40-39(49-27-32-19-11-4-12-20-32)38(48-26-31-17-9-3-10-18-31)37(47-25-30-15-7-2-8-16-30)35(50-40)28-46-24-29-13-5-1-6-14-29/h1-23,35,37-40H,24-28H2/t35-,37-,38+,39-,40-/m1/s1. The number of aromatic nitrogens is 1. The summed E-state index contributed by atoms with van der Waals surface area (Å²) in [7, 11) is 0. The highest BCUT2D eigenvalue weighted by Gasteiger charge is 2.50. The molecule has 1 fully saturated rings. The Kier molecular flexibility index (Phi) is 11.9. The van der Waals surface area contributed by atoms with Gasteiger partial charge in [0.05, 0.1) is 48.2 Å². The van der Waals surface area contributed by atoms with E-state index < -0.39 is 35.6 Å². The zero-order valence-corrected chi connectivity index (χ0v) is 29.1. The molecule has 0 bridgehead atoms. The van der Waals surface area contributed by atoms with Crippen LogP contribution < -0.4 is 4.74 Å². The molecule has 6 aromatic rings. The molecule has 0 amide bonds. The summed E-state index contributed by atoms with van der Waals surface area (Å²) in [6.07, 6.45) is -3.71. The highest BCUT2D eigenvalue weighted by Crippen LogP contribution is 2.36. The first-order valence-electron chi connectivity index (χ1n) is 17.0. The van der Waals surface area contributed by atoms with E-state index in [0.29, 0.717) is 23.4 Å². The molecule has 1 aliphatic heterocycles. The Morgan fingerprint density at radius 1 is 0.635 bits per heavy atom. The molecule has 11 heteroatoms. The lowest BCUT2D eigenvalue weighted by Crippen LogP contribution is -2.62. The van der Waals surface area contributed by atoms with Gasteiger partial charge in [0, 0.05) is 12.1 Å². The molecule has 0 N–H and O–H groups in total. The van der Waals surface area contributed by atoms with Crippen LogP contribution in [0.5, 0.6) is 5.19 Å². The summed E-state index contributed by atoms with van der Waals surface area (Å²) in [4.78, 5) is 15.7. The van der Waals surface area contributed by atoms with E-state index in [0.717, 1.165) is 22.3 Å². The van der Waals surface area contributed by atoms with Crippen LogP contribution in [0.15, 0.2) is 140 Å². The molecule has 0 radical (unpaired) electrons. The second kappa shape index (κ2) is 17.5. The smallest absolute Gasteiger partial charge is 0.276 e. The van der Waals surface area contributed by atoms with Gasteiger partial charge in [-0.3, -0.25) is 10.1 Å². The highest BCUT2D eigenvalue weighted by atomic mass is 32.1. The van der Waals surface area contributed by atoms with E-state index in [9.17, 15) is 10.1 Å².